The first-order valence-electron chi connectivity index (χ1n) is 12.6. The number of hydrogen-bond donors (Lipinski definition) is 1. The van der Waals surface area contributed by atoms with Gasteiger partial charge in [-0.15, -0.1) is 0 Å². The van der Waals surface area contributed by atoms with Crippen LogP contribution in [0, 0.1) is 6.92 Å². The first-order valence-corrected chi connectivity index (χ1v) is 12.6. The van der Waals surface area contributed by atoms with Crippen molar-refractivity contribution in [2.75, 3.05) is 32.7 Å². The molecule has 0 saturated heterocycles. The van der Waals surface area contributed by atoms with E-state index in [1.165, 1.54) is 12.1 Å². The first-order chi connectivity index (χ1) is 19.3. The van der Waals surface area contributed by atoms with Crippen molar-refractivity contribution in [3.8, 4) is 17.1 Å². The Bertz CT molecular complexity index is 1670. The van der Waals surface area contributed by atoms with Crippen molar-refractivity contribution >= 4 is 22.4 Å². The van der Waals surface area contributed by atoms with Gasteiger partial charge in [-0.25, -0.2) is 4.98 Å². The Kier molecular flexibility index (Phi) is 7.81. The zero-order chi connectivity index (χ0) is 28.3. The maximum atomic E-state index is 13.3. The summed E-state index contributed by atoms with van der Waals surface area (Å²) in [6.07, 6.45) is -2.96. The van der Waals surface area contributed by atoms with Crippen LogP contribution in [-0.2, 0) is 15.7 Å². The number of para-hydroxylation sites is 2. The molecule has 0 spiro atoms. The Labute approximate surface area is 229 Å². The number of pyridine rings is 1. The largest absolute Gasteiger partial charge is 0.416 e. The molecule has 10 heteroatoms. The molecule has 0 fully saturated rings. The summed E-state index contributed by atoms with van der Waals surface area (Å²) in [6.45, 7) is 2.61. The molecule has 1 atom stereocenters. The summed E-state index contributed by atoms with van der Waals surface area (Å²) in [5.74, 6) is 0. The molecule has 1 unspecified atom stereocenters. The van der Waals surface area contributed by atoms with Gasteiger partial charge in [0.2, 0.25) is 0 Å². The number of ether oxygens (including phenoxy) is 2. The number of alkyl halides is 3. The van der Waals surface area contributed by atoms with E-state index in [0.717, 1.165) is 29.0 Å². The van der Waals surface area contributed by atoms with Crippen molar-refractivity contribution in [3.63, 3.8) is 0 Å². The van der Waals surface area contributed by atoms with Gasteiger partial charge in [-0.2, -0.15) is 13.2 Å². The second kappa shape index (κ2) is 11.4. The smallest absolute Gasteiger partial charge is 0.382 e. The van der Waals surface area contributed by atoms with Crippen molar-refractivity contribution in [2.45, 2.75) is 19.2 Å². The van der Waals surface area contributed by atoms with E-state index < -0.39 is 11.7 Å². The third-order valence-electron chi connectivity index (χ3n) is 6.58. The van der Waals surface area contributed by atoms with Crippen molar-refractivity contribution in [3.05, 3.63) is 95.6 Å². The summed E-state index contributed by atoms with van der Waals surface area (Å²) >= 11 is 0. The summed E-state index contributed by atoms with van der Waals surface area (Å²) in [7, 11) is 3.20. The number of fused-ring (bicyclic) bond motifs is 2. The molecule has 2 aromatic carbocycles. The number of nitrogens with zero attached hydrogens (tertiary/aromatic N) is 4. The molecule has 0 amide bonds. The first kappa shape index (κ1) is 27.3. The van der Waals surface area contributed by atoms with Crippen LogP contribution in [0.25, 0.3) is 28.1 Å². The molecule has 5 rings (SSSR count). The summed E-state index contributed by atoms with van der Waals surface area (Å²) < 4.78 is 52.6. The maximum Gasteiger partial charge on any atom is 0.416 e. The van der Waals surface area contributed by atoms with Crippen molar-refractivity contribution in [1.29, 1.82) is 0 Å². The number of aryl methyl sites for hydroxylation is 1. The second-order valence-corrected chi connectivity index (χ2v) is 9.25. The average molecular weight is 548 g/mol. The predicted octanol–water partition coefficient (Wildman–Crippen LogP) is 6.16. The SMILES string of the molecule is COCC(C/N=c1\cc2n(-c3ccc(C(F)(F)F)cc3)c3ccccc3nc-2cc1Nc1cccnc1C)OC. The van der Waals surface area contributed by atoms with Gasteiger partial charge in [0.25, 0.3) is 0 Å². The summed E-state index contributed by atoms with van der Waals surface area (Å²) in [6, 6.07) is 20.2. The lowest BCUT2D eigenvalue weighted by Gasteiger charge is -2.21. The molecular weight excluding hydrogens is 519 g/mol. The molecule has 1 aliphatic heterocycles. The molecule has 206 valence electrons. The molecule has 0 radical (unpaired) electrons. The number of rotatable bonds is 8. The number of aromatic nitrogens is 3. The quantitative estimate of drug-likeness (QED) is 0.236. The zero-order valence-electron chi connectivity index (χ0n) is 22.2. The van der Waals surface area contributed by atoms with Crippen LogP contribution in [0.1, 0.15) is 11.3 Å². The third kappa shape index (κ3) is 5.68. The molecule has 3 aromatic rings. The van der Waals surface area contributed by atoms with Crippen LogP contribution in [0.15, 0.2) is 84.0 Å². The van der Waals surface area contributed by atoms with E-state index in [1.54, 1.807) is 20.4 Å². The van der Waals surface area contributed by atoms with Gasteiger partial charge in [0, 0.05) is 26.1 Å². The molecule has 1 aliphatic carbocycles. The van der Waals surface area contributed by atoms with E-state index in [1.807, 2.05) is 60.0 Å². The lowest BCUT2D eigenvalue weighted by molar-refractivity contribution is -0.137. The lowest BCUT2D eigenvalue weighted by Crippen LogP contribution is -2.23. The Morgan fingerprint density at radius 3 is 2.45 bits per heavy atom. The molecule has 0 saturated carbocycles. The zero-order valence-corrected chi connectivity index (χ0v) is 22.2. The normalized spacial score (nSPS) is 13.2. The predicted molar refractivity (Wildman–Crippen MR) is 148 cm³/mol. The van der Waals surface area contributed by atoms with Gasteiger partial charge in [0.05, 0.1) is 69.7 Å². The van der Waals surface area contributed by atoms with Crippen LogP contribution in [0.5, 0.6) is 0 Å². The highest BCUT2D eigenvalue weighted by molar-refractivity contribution is 5.84. The minimum absolute atomic E-state index is 0.259. The Hall–Kier alpha value is -4.28. The fourth-order valence-electron chi connectivity index (χ4n) is 4.49. The van der Waals surface area contributed by atoms with Crippen LogP contribution in [0.2, 0.25) is 0 Å². The van der Waals surface area contributed by atoms with Gasteiger partial charge < -0.3 is 19.4 Å². The van der Waals surface area contributed by atoms with Gasteiger partial charge in [-0.05, 0) is 67.6 Å². The van der Waals surface area contributed by atoms with Gasteiger partial charge in [0.1, 0.15) is 0 Å². The standard InChI is InChI=1S/C30H28F3N5O2/c1-19-23(8-6-14-34-19)36-26-15-27-29(16-25(26)35-17-22(40-3)18-39-2)38(28-9-5-4-7-24(28)37-27)21-12-10-20(11-13-21)30(31,32)33/h4-16,22,36H,17-18H2,1-3H3/b35-25+. The molecule has 1 N–H and O–H groups in total. The Balaban J connectivity index is 1.75. The molecule has 2 heterocycles. The van der Waals surface area contributed by atoms with E-state index >= 15 is 0 Å². The van der Waals surface area contributed by atoms with Crippen LogP contribution in [0.3, 0.4) is 0 Å². The number of nitrogens with one attached hydrogen (secondary N) is 1. The highest BCUT2D eigenvalue weighted by atomic mass is 19.4. The van der Waals surface area contributed by atoms with Crippen LogP contribution in [0.4, 0.5) is 24.5 Å². The summed E-state index contributed by atoms with van der Waals surface area (Å²) in [5, 5.41) is 4.07. The Morgan fingerprint density at radius 2 is 1.75 bits per heavy atom. The van der Waals surface area contributed by atoms with Gasteiger partial charge in [-0.3, -0.25) is 9.98 Å². The number of halogens is 3. The molecule has 40 heavy (non-hydrogen) atoms. The molecule has 0 bridgehead atoms. The lowest BCUT2D eigenvalue weighted by atomic mass is 10.1. The number of methoxy groups -OCH3 is 2. The minimum atomic E-state index is -4.43. The van der Waals surface area contributed by atoms with E-state index in [0.29, 0.717) is 46.8 Å². The monoisotopic (exact) mass is 547 g/mol. The van der Waals surface area contributed by atoms with Crippen LogP contribution < -0.4 is 10.7 Å². The fraction of sp³-hybridized carbons (Fsp3) is 0.233. The summed E-state index contributed by atoms with van der Waals surface area (Å²) in [4.78, 5) is 14.1. The summed E-state index contributed by atoms with van der Waals surface area (Å²) in [5.41, 5.74) is 4.97. The minimum Gasteiger partial charge on any atom is -0.382 e. The third-order valence-corrected chi connectivity index (χ3v) is 6.58. The van der Waals surface area contributed by atoms with Crippen LogP contribution in [-0.4, -0.2) is 48.0 Å². The van der Waals surface area contributed by atoms with Crippen molar-refractivity contribution in [1.82, 2.24) is 14.5 Å². The van der Waals surface area contributed by atoms with Gasteiger partial charge in [0.15, 0.2) is 0 Å². The second-order valence-electron chi connectivity index (χ2n) is 9.25. The highest BCUT2D eigenvalue weighted by Crippen LogP contribution is 2.33. The number of hydrogen-bond acceptors (Lipinski definition) is 6. The van der Waals surface area contributed by atoms with Crippen molar-refractivity contribution < 1.29 is 22.6 Å². The topological polar surface area (TPSA) is 73.6 Å². The molecular formula is C30H28F3N5O2. The molecule has 2 aliphatic rings. The maximum absolute atomic E-state index is 13.3. The number of anilines is 2. The average Bonchev–Trinajstić information content (AvgIpc) is 2.95. The van der Waals surface area contributed by atoms with Crippen LogP contribution >= 0.6 is 0 Å². The molecule has 1 aromatic heterocycles. The van der Waals surface area contributed by atoms with Crippen molar-refractivity contribution in [2.24, 2.45) is 4.99 Å². The fourth-order valence-corrected chi connectivity index (χ4v) is 4.49. The van der Waals surface area contributed by atoms with E-state index in [4.69, 9.17) is 19.5 Å². The van der Waals surface area contributed by atoms with Gasteiger partial charge in [-0.1, -0.05) is 12.1 Å². The molecule has 7 nitrogen and oxygen atoms in total. The van der Waals surface area contributed by atoms with E-state index in [9.17, 15) is 13.2 Å². The highest BCUT2D eigenvalue weighted by Gasteiger charge is 2.30. The number of benzene rings is 3. The van der Waals surface area contributed by atoms with Gasteiger partial charge >= 0.3 is 6.18 Å². The van der Waals surface area contributed by atoms with E-state index in [-0.39, 0.29) is 6.10 Å². The van der Waals surface area contributed by atoms with E-state index in [2.05, 4.69) is 10.3 Å². The Morgan fingerprint density at radius 1 is 0.975 bits per heavy atom.